The van der Waals surface area contributed by atoms with Crippen molar-refractivity contribution in [2.75, 3.05) is 13.1 Å². The molecule has 0 N–H and O–H groups in total. The number of amides is 1. The standard InChI is InChI=1S/C17H19N3O2/c1-12-3-4-14(9-13(12)2)17(21)20-8-6-15(10-20)22-16-5-7-18-11-19-16/h3-5,7,9,11,15H,6,8,10H2,1-2H3/t15-/m1/s1. The van der Waals surface area contributed by atoms with Crippen LogP contribution in [0.15, 0.2) is 36.8 Å². The van der Waals surface area contributed by atoms with Gasteiger partial charge >= 0.3 is 0 Å². The van der Waals surface area contributed by atoms with E-state index in [9.17, 15) is 4.79 Å². The van der Waals surface area contributed by atoms with Gasteiger partial charge in [-0.3, -0.25) is 4.79 Å². The summed E-state index contributed by atoms with van der Waals surface area (Å²) < 4.78 is 5.79. The molecule has 1 amide bonds. The molecule has 22 heavy (non-hydrogen) atoms. The van der Waals surface area contributed by atoms with E-state index in [0.717, 1.165) is 17.5 Å². The number of aryl methyl sites for hydroxylation is 2. The van der Waals surface area contributed by atoms with Crippen LogP contribution in [0.25, 0.3) is 0 Å². The zero-order chi connectivity index (χ0) is 15.5. The number of likely N-dealkylation sites (tertiary alicyclic amines) is 1. The van der Waals surface area contributed by atoms with Gasteiger partial charge in [0.2, 0.25) is 5.88 Å². The third-order valence-electron chi connectivity index (χ3n) is 4.03. The van der Waals surface area contributed by atoms with E-state index in [4.69, 9.17) is 4.74 Å². The lowest BCUT2D eigenvalue weighted by Gasteiger charge is -2.17. The summed E-state index contributed by atoms with van der Waals surface area (Å²) in [7, 11) is 0. The number of carbonyl (C=O) groups excluding carboxylic acids is 1. The highest BCUT2D eigenvalue weighted by molar-refractivity contribution is 5.94. The normalized spacial score (nSPS) is 17.5. The van der Waals surface area contributed by atoms with E-state index in [0.29, 0.717) is 19.0 Å². The fraction of sp³-hybridized carbons (Fsp3) is 0.353. The maximum atomic E-state index is 12.6. The van der Waals surface area contributed by atoms with Gasteiger partial charge in [0.05, 0.1) is 6.54 Å². The van der Waals surface area contributed by atoms with Crippen LogP contribution in [-0.2, 0) is 0 Å². The zero-order valence-electron chi connectivity index (χ0n) is 12.8. The van der Waals surface area contributed by atoms with Crippen LogP contribution >= 0.6 is 0 Å². The Hall–Kier alpha value is -2.43. The van der Waals surface area contributed by atoms with Gasteiger partial charge in [-0.05, 0) is 37.1 Å². The van der Waals surface area contributed by atoms with Crippen molar-refractivity contribution in [1.29, 1.82) is 0 Å². The van der Waals surface area contributed by atoms with Crippen molar-refractivity contribution in [2.24, 2.45) is 0 Å². The number of hydrogen-bond donors (Lipinski definition) is 0. The second-order valence-electron chi connectivity index (χ2n) is 5.63. The van der Waals surface area contributed by atoms with Crippen LogP contribution in [0, 0.1) is 13.8 Å². The smallest absolute Gasteiger partial charge is 0.253 e. The molecule has 1 atom stereocenters. The van der Waals surface area contributed by atoms with Gasteiger partial charge in [0.15, 0.2) is 0 Å². The molecule has 1 aromatic carbocycles. The van der Waals surface area contributed by atoms with Crippen LogP contribution < -0.4 is 4.74 Å². The van der Waals surface area contributed by atoms with E-state index in [1.54, 1.807) is 12.3 Å². The van der Waals surface area contributed by atoms with E-state index < -0.39 is 0 Å². The summed E-state index contributed by atoms with van der Waals surface area (Å²) in [6.07, 6.45) is 3.92. The van der Waals surface area contributed by atoms with Gasteiger partial charge in [0, 0.05) is 30.8 Å². The minimum absolute atomic E-state index is 0.00889. The number of ether oxygens (including phenoxy) is 1. The number of aromatic nitrogens is 2. The lowest BCUT2D eigenvalue weighted by atomic mass is 10.1. The van der Waals surface area contributed by atoms with Crippen LogP contribution in [0.3, 0.4) is 0 Å². The maximum Gasteiger partial charge on any atom is 0.253 e. The fourth-order valence-corrected chi connectivity index (χ4v) is 2.58. The van der Waals surface area contributed by atoms with Gasteiger partial charge in [-0.2, -0.15) is 0 Å². The van der Waals surface area contributed by atoms with E-state index >= 15 is 0 Å². The summed E-state index contributed by atoms with van der Waals surface area (Å²) >= 11 is 0. The number of carbonyl (C=O) groups is 1. The Kier molecular flexibility index (Phi) is 4.04. The van der Waals surface area contributed by atoms with Crippen LogP contribution in [0.4, 0.5) is 0 Å². The molecular formula is C17H19N3O2. The molecule has 2 heterocycles. The fourth-order valence-electron chi connectivity index (χ4n) is 2.58. The van der Waals surface area contributed by atoms with Crippen molar-refractivity contribution >= 4 is 5.91 Å². The van der Waals surface area contributed by atoms with Crippen molar-refractivity contribution in [3.63, 3.8) is 0 Å². The van der Waals surface area contributed by atoms with Gasteiger partial charge in [-0.25, -0.2) is 9.97 Å². The Morgan fingerprint density at radius 3 is 2.86 bits per heavy atom. The first kappa shape index (κ1) is 14.5. The molecule has 3 rings (SSSR count). The SMILES string of the molecule is Cc1ccc(C(=O)N2CC[C@@H](Oc3ccncn3)C2)cc1C. The summed E-state index contributed by atoms with van der Waals surface area (Å²) in [5.74, 6) is 0.623. The van der Waals surface area contributed by atoms with Crippen LogP contribution in [-0.4, -0.2) is 40.0 Å². The molecule has 1 aliphatic rings. The van der Waals surface area contributed by atoms with Gasteiger partial charge in [0.1, 0.15) is 12.4 Å². The van der Waals surface area contributed by atoms with Gasteiger partial charge < -0.3 is 9.64 Å². The number of nitrogens with zero attached hydrogens (tertiary/aromatic N) is 3. The second-order valence-corrected chi connectivity index (χ2v) is 5.63. The molecule has 2 aromatic rings. The molecular weight excluding hydrogens is 278 g/mol. The zero-order valence-corrected chi connectivity index (χ0v) is 12.8. The Morgan fingerprint density at radius 2 is 2.14 bits per heavy atom. The highest BCUT2D eigenvalue weighted by atomic mass is 16.5. The molecule has 0 aliphatic carbocycles. The number of hydrogen-bond acceptors (Lipinski definition) is 4. The topological polar surface area (TPSA) is 55.3 Å². The van der Waals surface area contributed by atoms with Crippen LogP contribution in [0.1, 0.15) is 27.9 Å². The average Bonchev–Trinajstić information content (AvgIpc) is 2.99. The quantitative estimate of drug-likeness (QED) is 0.873. The van der Waals surface area contributed by atoms with Crippen molar-refractivity contribution in [3.05, 3.63) is 53.5 Å². The molecule has 114 valence electrons. The van der Waals surface area contributed by atoms with Crippen molar-refractivity contribution in [1.82, 2.24) is 14.9 Å². The number of benzene rings is 1. The molecule has 5 nitrogen and oxygen atoms in total. The summed E-state index contributed by atoms with van der Waals surface area (Å²) in [6, 6.07) is 7.57. The van der Waals surface area contributed by atoms with Crippen molar-refractivity contribution < 1.29 is 9.53 Å². The van der Waals surface area contributed by atoms with Gasteiger partial charge in [0.25, 0.3) is 5.91 Å². The summed E-state index contributed by atoms with van der Waals surface area (Å²) in [5, 5.41) is 0. The third-order valence-corrected chi connectivity index (χ3v) is 4.03. The Bertz CT molecular complexity index is 673. The lowest BCUT2D eigenvalue weighted by Crippen LogP contribution is -2.31. The largest absolute Gasteiger partial charge is 0.472 e. The van der Waals surface area contributed by atoms with E-state index in [-0.39, 0.29) is 12.0 Å². The third kappa shape index (κ3) is 3.08. The van der Waals surface area contributed by atoms with Gasteiger partial charge in [-0.15, -0.1) is 0 Å². The molecule has 1 fully saturated rings. The van der Waals surface area contributed by atoms with Crippen LogP contribution in [0.5, 0.6) is 5.88 Å². The molecule has 0 spiro atoms. The maximum absolute atomic E-state index is 12.6. The van der Waals surface area contributed by atoms with E-state index in [2.05, 4.69) is 9.97 Å². The second kappa shape index (κ2) is 6.13. The highest BCUT2D eigenvalue weighted by Crippen LogP contribution is 2.19. The Labute approximate surface area is 130 Å². The Balaban J connectivity index is 1.64. The molecule has 1 aromatic heterocycles. The summed E-state index contributed by atoms with van der Waals surface area (Å²) in [5.41, 5.74) is 3.08. The first-order valence-corrected chi connectivity index (χ1v) is 7.42. The molecule has 0 radical (unpaired) electrons. The average molecular weight is 297 g/mol. The summed E-state index contributed by atoms with van der Waals surface area (Å²) in [4.78, 5) is 22.3. The molecule has 0 unspecified atom stereocenters. The van der Waals surface area contributed by atoms with E-state index in [1.165, 1.54) is 11.9 Å². The first-order valence-electron chi connectivity index (χ1n) is 7.42. The Morgan fingerprint density at radius 1 is 1.27 bits per heavy atom. The molecule has 1 saturated heterocycles. The van der Waals surface area contributed by atoms with Crippen molar-refractivity contribution in [2.45, 2.75) is 26.4 Å². The molecule has 5 heteroatoms. The van der Waals surface area contributed by atoms with Crippen molar-refractivity contribution in [3.8, 4) is 5.88 Å². The molecule has 1 aliphatic heterocycles. The minimum Gasteiger partial charge on any atom is -0.472 e. The lowest BCUT2D eigenvalue weighted by molar-refractivity contribution is 0.0771. The molecule has 0 saturated carbocycles. The predicted octanol–water partition coefficient (Wildman–Crippen LogP) is 2.39. The van der Waals surface area contributed by atoms with Crippen LogP contribution in [0.2, 0.25) is 0 Å². The number of rotatable bonds is 3. The first-order chi connectivity index (χ1) is 10.6. The summed E-state index contributed by atoms with van der Waals surface area (Å²) in [6.45, 7) is 5.37. The minimum atomic E-state index is -0.00889. The predicted molar refractivity (Wildman–Crippen MR) is 82.9 cm³/mol. The molecule has 0 bridgehead atoms. The van der Waals surface area contributed by atoms with E-state index in [1.807, 2.05) is 36.9 Å². The highest BCUT2D eigenvalue weighted by Gasteiger charge is 2.28. The monoisotopic (exact) mass is 297 g/mol. The van der Waals surface area contributed by atoms with Gasteiger partial charge in [-0.1, -0.05) is 6.07 Å².